The van der Waals surface area contributed by atoms with Crippen molar-refractivity contribution >= 4 is 27.5 Å². The van der Waals surface area contributed by atoms with Crippen LogP contribution in [0.2, 0.25) is 0 Å². The molecule has 0 aliphatic carbocycles. The highest BCUT2D eigenvalue weighted by atomic mass is 32.1. The topological polar surface area (TPSA) is 92.1 Å². The number of ether oxygens (including phenoxy) is 1. The summed E-state index contributed by atoms with van der Waals surface area (Å²) in [5.74, 6) is 0. The molecule has 1 saturated heterocycles. The molecule has 0 spiro atoms. The molecule has 0 radical (unpaired) electrons. The normalized spacial score (nSPS) is 15.7. The third kappa shape index (κ3) is 5.89. The Kier molecular flexibility index (Phi) is 6.74. The molecule has 0 saturated carbocycles. The highest BCUT2D eigenvalue weighted by Crippen LogP contribution is 2.17. The number of piperazine rings is 1. The fourth-order valence-corrected chi connectivity index (χ4v) is 3.94. The van der Waals surface area contributed by atoms with E-state index < -0.39 is 5.60 Å². The predicted octanol–water partition coefficient (Wildman–Crippen LogP) is 2.07. The fraction of sp³-hybridized carbons (Fsp3) is 0.684. The highest BCUT2D eigenvalue weighted by Gasteiger charge is 2.25. The number of rotatable bonds is 6. The van der Waals surface area contributed by atoms with Crippen molar-refractivity contribution in [3.05, 3.63) is 22.1 Å². The number of aromatic nitrogens is 3. The number of fused-ring (bicyclic) bond motifs is 1. The summed E-state index contributed by atoms with van der Waals surface area (Å²) >= 11 is 1.39. The van der Waals surface area contributed by atoms with Gasteiger partial charge in [-0.1, -0.05) is 18.3 Å². The zero-order valence-electron chi connectivity index (χ0n) is 17.6. The van der Waals surface area contributed by atoms with Crippen LogP contribution in [0, 0.1) is 0 Å². The van der Waals surface area contributed by atoms with Crippen LogP contribution in [0.3, 0.4) is 0 Å². The number of amides is 1. The van der Waals surface area contributed by atoms with Crippen LogP contribution in [0.25, 0.3) is 4.96 Å². The van der Waals surface area contributed by atoms with E-state index in [4.69, 9.17) is 4.74 Å². The molecule has 1 amide bonds. The van der Waals surface area contributed by atoms with Crippen LogP contribution in [0.15, 0.2) is 10.9 Å². The maximum atomic E-state index is 12.1. The minimum absolute atomic E-state index is 0.140. The molecule has 9 nitrogen and oxygen atoms in total. The zero-order chi connectivity index (χ0) is 21.0. The minimum atomic E-state index is -0.459. The van der Waals surface area contributed by atoms with E-state index in [-0.39, 0.29) is 11.7 Å². The second-order valence-corrected chi connectivity index (χ2v) is 9.09. The van der Waals surface area contributed by atoms with Gasteiger partial charge in [0.05, 0.1) is 0 Å². The van der Waals surface area contributed by atoms with E-state index in [2.05, 4.69) is 20.3 Å². The number of nitrogens with one attached hydrogen (secondary N) is 1. The Morgan fingerprint density at radius 3 is 2.66 bits per heavy atom. The predicted molar refractivity (Wildman–Crippen MR) is 114 cm³/mol. The lowest BCUT2D eigenvalue weighted by Gasteiger charge is -2.35. The maximum Gasteiger partial charge on any atom is 0.410 e. The summed E-state index contributed by atoms with van der Waals surface area (Å²) in [6.45, 7) is 12.4. The molecule has 2 aromatic rings. The third-order valence-electron chi connectivity index (χ3n) is 4.61. The molecule has 2 aromatic heterocycles. The lowest BCUT2D eigenvalue weighted by Crippen LogP contribution is -2.50. The molecule has 0 bridgehead atoms. The van der Waals surface area contributed by atoms with Crippen LogP contribution in [0.5, 0.6) is 0 Å². The summed E-state index contributed by atoms with van der Waals surface area (Å²) in [4.78, 5) is 33.4. The quantitative estimate of drug-likeness (QED) is 0.713. The number of aryl methyl sites for hydroxylation is 1. The first kappa shape index (κ1) is 21.5. The van der Waals surface area contributed by atoms with E-state index in [9.17, 15) is 9.59 Å². The maximum absolute atomic E-state index is 12.1. The Hall–Kier alpha value is -2.20. The molecule has 3 rings (SSSR count). The van der Waals surface area contributed by atoms with Gasteiger partial charge in [0.2, 0.25) is 10.1 Å². The fourth-order valence-electron chi connectivity index (χ4n) is 3.09. The van der Waals surface area contributed by atoms with Crippen LogP contribution in [-0.2, 0) is 11.2 Å². The highest BCUT2D eigenvalue weighted by molar-refractivity contribution is 7.20. The Morgan fingerprint density at radius 2 is 2.00 bits per heavy atom. The number of nitrogens with zero attached hydrogens (tertiary/aromatic N) is 5. The molecule has 0 atom stereocenters. The first-order valence-corrected chi connectivity index (χ1v) is 10.9. The van der Waals surface area contributed by atoms with Crippen LogP contribution in [0.4, 0.5) is 9.93 Å². The number of anilines is 1. The van der Waals surface area contributed by atoms with E-state index in [1.807, 2.05) is 27.7 Å². The second-order valence-electron chi connectivity index (χ2n) is 8.13. The first-order chi connectivity index (χ1) is 13.7. The average Bonchev–Trinajstić information content (AvgIpc) is 3.08. The van der Waals surface area contributed by atoms with Crippen LogP contribution in [-0.4, -0.2) is 75.4 Å². The number of carbonyl (C=O) groups is 1. The Labute approximate surface area is 174 Å². The van der Waals surface area contributed by atoms with E-state index in [1.165, 1.54) is 21.9 Å². The SMILES string of the molecule is CCc1cc(=O)n2nc(NCCCN3CCN(C(=O)OC(C)(C)C)CC3)sc2n1. The summed E-state index contributed by atoms with van der Waals surface area (Å²) < 4.78 is 6.78. The monoisotopic (exact) mass is 422 g/mol. The smallest absolute Gasteiger partial charge is 0.410 e. The molecule has 0 unspecified atom stereocenters. The molecule has 1 aliphatic rings. The van der Waals surface area contributed by atoms with Crippen LogP contribution >= 0.6 is 11.3 Å². The molecule has 3 heterocycles. The van der Waals surface area contributed by atoms with Gasteiger partial charge >= 0.3 is 6.09 Å². The van der Waals surface area contributed by atoms with E-state index >= 15 is 0 Å². The average molecular weight is 423 g/mol. The van der Waals surface area contributed by atoms with Gasteiger partial charge in [0, 0.05) is 44.5 Å². The van der Waals surface area contributed by atoms with Crippen molar-refractivity contribution in [3.63, 3.8) is 0 Å². The lowest BCUT2D eigenvalue weighted by molar-refractivity contribution is 0.0145. The summed E-state index contributed by atoms with van der Waals surface area (Å²) in [5.41, 5.74) is 0.189. The van der Waals surface area contributed by atoms with Crippen LogP contribution in [0.1, 0.15) is 39.8 Å². The van der Waals surface area contributed by atoms with Gasteiger partial charge in [-0.15, -0.1) is 5.10 Å². The van der Waals surface area contributed by atoms with Gasteiger partial charge < -0.3 is 15.0 Å². The Bertz CT molecular complexity index is 895. The molecule has 29 heavy (non-hydrogen) atoms. The van der Waals surface area contributed by atoms with Gasteiger partial charge in [-0.3, -0.25) is 9.69 Å². The Balaban J connectivity index is 1.40. The van der Waals surface area contributed by atoms with Gasteiger partial charge in [-0.25, -0.2) is 9.78 Å². The van der Waals surface area contributed by atoms with Gasteiger partial charge in [0.1, 0.15) is 5.60 Å². The second kappa shape index (κ2) is 9.08. The van der Waals surface area contributed by atoms with Crippen molar-refractivity contribution in [1.82, 2.24) is 24.4 Å². The van der Waals surface area contributed by atoms with Crippen molar-refractivity contribution in [1.29, 1.82) is 0 Å². The minimum Gasteiger partial charge on any atom is -0.444 e. The number of hydrogen-bond acceptors (Lipinski definition) is 8. The van der Waals surface area contributed by atoms with E-state index in [0.717, 1.165) is 44.7 Å². The lowest BCUT2D eigenvalue weighted by atomic mass is 10.2. The molecule has 0 aromatic carbocycles. The molecule has 160 valence electrons. The van der Waals surface area contributed by atoms with Gasteiger partial charge in [-0.2, -0.15) is 4.52 Å². The number of hydrogen-bond donors (Lipinski definition) is 1. The molecule has 1 N–H and O–H groups in total. The zero-order valence-corrected chi connectivity index (χ0v) is 18.4. The van der Waals surface area contributed by atoms with Crippen molar-refractivity contribution in [2.24, 2.45) is 0 Å². The molecular formula is C19H30N6O3S. The summed E-state index contributed by atoms with van der Waals surface area (Å²) in [7, 11) is 0. The molecular weight excluding hydrogens is 392 g/mol. The third-order valence-corrected chi connectivity index (χ3v) is 5.48. The molecule has 1 fully saturated rings. The number of carbonyl (C=O) groups excluding carboxylic acids is 1. The van der Waals surface area contributed by atoms with Crippen molar-refractivity contribution < 1.29 is 9.53 Å². The van der Waals surface area contributed by atoms with Crippen molar-refractivity contribution in [3.8, 4) is 0 Å². The summed E-state index contributed by atoms with van der Waals surface area (Å²) in [6.07, 6.45) is 1.45. The van der Waals surface area contributed by atoms with E-state index in [0.29, 0.717) is 23.2 Å². The molecule has 1 aliphatic heterocycles. The summed E-state index contributed by atoms with van der Waals surface area (Å²) in [6, 6.07) is 1.54. The standard InChI is InChI=1S/C19H30N6O3S/c1-5-14-13-15(26)25-17(21-14)29-16(22-25)20-7-6-8-23-9-11-24(12-10-23)18(27)28-19(2,3)4/h13H,5-12H2,1-4H3,(H,20,22). The molecule has 10 heteroatoms. The summed E-state index contributed by atoms with van der Waals surface area (Å²) in [5, 5.41) is 8.30. The Morgan fingerprint density at radius 1 is 1.28 bits per heavy atom. The van der Waals surface area contributed by atoms with Gasteiger partial charge in [-0.05, 0) is 40.2 Å². The first-order valence-electron chi connectivity index (χ1n) is 10.1. The van der Waals surface area contributed by atoms with Crippen molar-refractivity contribution in [2.45, 2.75) is 46.1 Å². The van der Waals surface area contributed by atoms with Gasteiger partial charge in [0.25, 0.3) is 5.56 Å². The van der Waals surface area contributed by atoms with Crippen molar-refractivity contribution in [2.75, 3.05) is 44.6 Å². The van der Waals surface area contributed by atoms with Crippen LogP contribution < -0.4 is 10.9 Å². The van der Waals surface area contributed by atoms with Gasteiger partial charge in [0.15, 0.2) is 0 Å². The largest absolute Gasteiger partial charge is 0.444 e. The van der Waals surface area contributed by atoms with E-state index in [1.54, 1.807) is 4.90 Å².